The van der Waals surface area contributed by atoms with E-state index in [2.05, 4.69) is 0 Å². The fourth-order valence-electron chi connectivity index (χ4n) is 2.35. The SMILES string of the molecule is Cc1cc(C#N)c(=O)n(CC(=O)C(C)(C)c2ccccc2)c1. The highest BCUT2D eigenvalue weighted by Gasteiger charge is 2.29. The number of pyridine rings is 1. The average Bonchev–Trinajstić information content (AvgIpc) is 2.51. The Balaban J connectivity index is 2.36. The van der Waals surface area contributed by atoms with Gasteiger partial charge in [0.1, 0.15) is 11.6 Å². The number of hydrogen-bond acceptors (Lipinski definition) is 3. The fraction of sp³-hybridized carbons (Fsp3) is 0.278. The number of rotatable bonds is 4. The van der Waals surface area contributed by atoms with Crippen molar-refractivity contribution in [2.45, 2.75) is 32.7 Å². The minimum Gasteiger partial charge on any atom is -0.307 e. The van der Waals surface area contributed by atoms with Crippen LogP contribution in [0.1, 0.15) is 30.5 Å². The van der Waals surface area contributed by atoms with Crippen molar-refractivity contribution >= 4 is 5.78 Å². The fourth-order valence-corrected chi connectivity index (χ4v) is 2.35. The minimum absolute atomic E-state index is 0.0446. The number of nitrogens with zero attached hydrogens (tertiary/aromatic N) is 2. The standard InChI is InChI=1S/C18H18N2O2/c1-13-9-14(10-19)17(22)20(11-13)12-16(21)18(2,3)15-7-5-4-6-8-15/h4-9,11H,12H2,1-3H3. The van der Waals surface area contributed by atoms with Gasteiger partial charge in [-0.15, -0.1) is 0 Å². The summed E-state index contributed by atoms with van der Waals surface area (Å²) in [6.07, 6.45) is 1.61. The minimum atomic E-state index is -0.697. The normalized spacial score (nSPS) is 11.0. The molecule has 0 unspecified atom stereocenters. The van der Waals surface area contributed by atoms with Crippen molar-refractivity contribution in [1.82, 2.24) is 4.57 Å². The smallest absolute Gasteiger partial charge is 0.268 e. The Hall–Kier alpha value is -2.67. The van der Waals surface area contributed by atoms with Gasteiger partial charge in [-0.25, -0.2) is 0 Å². The highest BCUT2D eigenvalue weighted by atomic mass is 16.1. The second-order valence-electron chi connectivity index (χ2n) is 5.89. The summed E-state index contributed by atoms with van der Waals surface area (Å²) in [5, 5.41) is 8.99. The molecule has 0 aliphatic rings. The third-order valence-electron chi connectivity index (χ3n) is 3.85. The molecule has 0 aliphatic carbocycles. The Morgan fingerprint density at radius 2 is 1.91 bits per heavy atom. The third kappa shape index (κ3) is 2.99. The van der Waals surface area contributed by atoms with Crippen LogP contribution in [0.15, 0.2) is 47.4 Å². The van der Waals surface area contributed by atoms with E-state index in [4.69, 9.17) is 5.26 Å². The molecule has 1 heterocycles. The van der Waals surface area contributed by atoms with Gasteiger partial charge in [0.15, 0.2) is 5.78 Å². The summed E-state index contributed by atoms with van der Waals surface area (Å²) in [6, 6.07) is 12.9. The van der Waals surface area contributed by atoms with Crippen LogP contribution in [-0.4, -0.2) is 10.4 Å². The molecule has 0 radical (unpaired) electrons. The summed E-state index contributed by atoms with van der Waals surface area (Å²) >= 11 is 0. The van der Waals surface area contributed by atoms with Crippen LogP contribution < -0.4 is 5.56 Å². The van der Waals surface area contributed by atoms with E-state index in [1.54, 1.807) is 13.1 Å². The Morgan fingerprint density at radius 3 is 2.50 bits per heavy atom. The molecular weight excluding hydrogens is 276 g/mol. The zero-order valence-corrected chi connectivity index (χ0v) is 13.0. The average molecular weight is 294 g/mol. The Kier molecular flexibility index (Phi) is 4.27. The molecule has 0 atom stereocenters. The molecule has 1 aromatic heterocycles. The van der Waals surface area contributed by atoms with Gasteiger partial charge in [-0.05, 0) is 38.0 Å². The molecule has 1 aromatic carbocycles. The zero-order chi connectivity index (χ0) is 16.3. The topological polar surface area (TPSA) is 62.9 Å². The predicted molar refractivity (Wildman–Crippen MR) is 84.6 cm³/mol. The van der Waals surface area contributed by atoms with E-state index >= 15 is 0 Å². The van der Waals surface area contributed by atoms with Gasteiger partial charge in [0.25, 0.3) is 5.56 Å². The quantitative estimate of drug-likeness (QED) is 0.870. The van der Waals surface area contributed by atoms with Crippen LogP contribution in [-0.2, 0) is 16.8 Å². The van der Waals surface area contributed by atoms with Crippen molar-refractivity contribution in [1.29, 1.82) is 5.26 Å². The van der Waals surface area contributed by atoms with Gasteiger partial charge in [-0.2, -0.15) is 5.26 Å². The second kappa shape index (κ2) is 5.98. The van der Waals surface area contributed by atoms with Crippen molar-refractivity contribution in [2.75, 3.05) is 0 Å². The number of Topliss-reactive ketones (excluding diaryl/α,β-unsaturated/α-hetero) is 1. The van der Waals surface area contributed by atoms with Gasteiger partial charge in [-0.3, -0.25) is 9.59 Å². The van der Waals surface area contributed by atoms with E-state index in [-0.39, 0.29) is 17.9 Å². The lowest BCUT2D eigenvalue weighted by molar-refractivity contribution is -0.124. The van der Waals surface area contributed by atoms with Gasteiger partial charge in [0.05, 0.1) is 12.0 Å². The molecule has 0 saturated heterocycles. The van der Waals surface area contributed by atoms with Crippen molar-refractivity contribution in [3.05, 3.63) is 69.6 Å². The van der Waals surface area contributed by atoms with E-state index in [0.29, 0.717) is 0 Å². The first-order valence-corrected chi connectivity index (χ1v) is 7.06. The first kappa shape index (κ1) is 15.7. The monoisotopic (exact) mass is 294 g/mol. The highest BCUT2D eigenvalue weighted by molar-refractivity contribution is 5.89. The molecule has 112 valence electrons. The first-order chi connectivity index (χ1) is 10.4. The van der Waals surface area contributed by atoms with Crippen molar-refractivity contribution in [2.24, 2.45) is 0 Å². The van der Waals surface area contributed by atoms with Crippen LogP contribution in [0.5, 0.6) is 0 Å². The second-order valence-corrected chi connectivity index (χ2v) is 5.89. The molecule has 0 bridgehead atoms. The molecule has 4 heteroatoms. The van der Waals surface area contributed by atoms with Crippen molar-refractivity contribution in [3.8, 4) is 6.07 Å². The van der Waals surface area contributed by atoms with Gasteiger partial charge < -0.3 is 4.57 Å². The van der Waals surface area contributed by atoms with Crippen LogP contribution in [0, 0.1) is 18.3 Å². The zero-order valence-electron chi connectivity index (χ0n) is 13.0. The summed E-state index contributed by atoms with van der Waals surface area (Å²) in [7, 11) is 0. The maximum absolute atomic E-state index is 12.7. The van der Waals surface area contributed by atoms with Crippen molar-refractivity contribution in [3.63, 3.8) is 0 Å². The molecule has 0 amide bonds. The molecule has 22 heavy (non-hydrogen) atoms. The summed E-state index contributed by atoms with van der Waals surface area (Å²) in [4.78, 5) is 24.8. The molecule has 2 rings (SSSR count). The summed E-state index contributed by atoms with van der Waals surface area (Å²) in [5.41, 5.74) is 0.621. The molecule has 2 aromatic rings. The largest absolute Gasteiger partial charge is 0.307 e. The summed E-state index contributed by atoms with van der Waals surface area (Å²) in [6.45, 7) is 5.44. The number of ketones is 1. The lowest BCUT2D eigenvalue weighted by Crippen LogP contribution is -2.36. The van der Waals surface area contributed by atoms with Crippen LogP contribution in [0.3, 0.4) is 0 Å². The van der Waals surface area contributed by atoms with E-state index in [1.165, 1.54) is 10.6 Å². The van der Waals surface area contributed by atoms with Crippen LogP contribution in [0.4, 0.5) is 0 Å². The van der Waals surface area contributed by atoms with Crippen LogP contribution >= 0.6 is 0 Å². The predicted octanol–water partition coefficient (Wildman–Crippen LogP) is 2.58. The maximum Gasteiger partial charge on any atom is 0.268 e. The van der Waals surface area contributed by atoms with Gasteiger partial charge in [0.2, 0.25) is 0 Å². The molecule has 0 saturated carbocycles. The van der Waals surface area contributed by atoms with Crippen LogP contribution in [0.25, 0.3) is 0 Å². The number of carbonyl (C=O) groups is 1. The van der Waals surface area contributed by atoms with Crippen molar-refractivity contribution < 1.29 is 4.79 Å². The van der Waals surface area contributed by atoms with Gasteiger partial charge in [0, 0.05) is 6.20 Å². The maximum atomic E-state index is 12.7. The van der Waals surface area contributed by atoms with Crippen LogP contribution in [0.2, 0.25) is 0 Å². The number of benzene rings is 1. The lowest BCUT2D eigenvalue weighted by atomic mass is 9.80. The summed E-state index contributed by atoms with van der Waals surface area (Å²) < 4.78 is 1.32. The van der Waals surface area contributed by atoms with E-state index in [0.717, 1.165) is 11.1 Å². The summed E-state index contributed by atoms with van der Waals surface area (Å²) in [5.74, 6) is -0.0738. The molecule has 0 aliphatic heterocycles. The molecule has 0 fully saturated rings. The molecule has 4 nitrogen and oxygen atoms in total. The Labute approximate surface area is 129 Å². The number of carbonyl (C=O) groups excluding carboxylic acids is 1. The Bertz CT molecular complexity index is 796. The van der Waals surface area contributed by atoms with E-state index < -0.39 is 11.0 Å². The lowest BCUT2D eigenvalue weighted by Gasteiger charge is -2.24. The van der Waals surface area contributed by atoms with E-state index in [1.807, 2.05) is 50.2 Å². The number of aromatic nitrogens is 1. The molecule has 0 N–H and O–H groups in total. The molecular formula is C18H18N2O2. The number of nitriles is 1. The molecule has 0 spiro atoms. The Morgan fingerprint density at radius 1 is 1.27 bits per heavy atom. The third-order valence-corrected chi connectivity index (χ3v) is 3.85. The first-order valence-electron chi connectivity index (χ1n) is 7.06. The highest BCUT2D eigenvalue weighted by Crippen LogP contribution is 2.24. The number of aryl methyl sites for hydroxylation is 1. The van der Waals surface area contributed by atoms with Gasteiger partial charge >= 0.3 is 0 Å². The van der Waals surface area contributed by atoms with E-state index in [9.17, 15) is 9.59 Å². The van der Waals surface area contributed by atoms with Gasteiger partial charge in [-0.1, -0.05) is 30.3 Å². The number of hydrogen-bond donors (Lipinski definition) is 0.